The minimum Gasteiger partial charge on any atom is -0.481 e. The molecule has 0 spiro atoms. The third-order valence-electron chi connectivity index (χ3n) is 4.95. The van der Waals surface area contributed by atoms with Gasteiger partial charge in [-0.1, -0.05) is 26.7 Å². The first-order chi connectivity index (χ1) is 9.26. The third-order valence-corrected chi connectivity index (χ3v) is 4.95. The summed E-state index contributed by atoms with van der Waals surface area (Å²) in [6, 6.07) is 0. The molecule has 0 aromatic carbocycles. The molecule has 3 N–H and O–H groups in total. The maximum atomic E-state index is 12.0. The predicted octanol–water partition coefficient (Wildman–Crippen LogP) is 1.79. The van der Waals surface area contributed by atoms with Gasteiger partial charge in [-0.05, 0) is 25.7 Å². The van der Waals surface area contributed by atoms with Crippen molar-refractivity contribution in [2.45, 2.75) is 52.9 Å². The first-order valence-corrected chi connectivity index (χ1v) is 7.37. The molecule has 1 rings (SSSR count). The Morgan fingerprint density at radius 1 is 1.30 bits per heavy atom. The highest BCUT2D eigenvalue weighted by atomic mass is 16.4. The van der Waals surface area contributed by atoms with E-state index in [9.17, 15) is 19.8 Å². The summed E-state index contributed by atoms with van der Waals surface area (Å²) in [5, 5.41) is 21.6. The van der Waals surface area contributed by atoms with E-state index in [4.69, 9.17) is 0 Å². The molecular formula is C15H27NO4. The van der Waals surface area contributed by atoms with Gasteiger partial charge >= 0.3 is 5.97 Å². The fraction of sp³-hybridized carbons (Fsp3) is 0.867. The minimum atomic E-state index is -1.05. The van der Waals surface area contributed by atoms with Gasteiger partial charge in [-0.2, -0.15) is 0 Å². The molecule has 0 aromatic heterocycles. The summed E-state index contributed by atoms with van der Waals surface area (Å²) < 4.78 is 0. The van der Waals surface area contributed by atoms with Crippen LogP contribution in [-0.4, -0.2) is 35.2 Å². The van der Waals surface area contributed by atoms with Crippen LogP contribution in [0.15, 0.2) is 0 Å². The molecule has 5 nitrogen and oxygen atoms in total. The van der Waals surface area contributed by atoms with E-state index in [1.807, 2.05) is 13.8 Å². The van der Waals surface area contributed by atoms with Crippen molar-refractivity contribution in [3.05, 3.63) is 0 Å². The lowest BCUT2D eigenvalue weighted by atomic mass is 9.76. The van der Waals surface area contributed by atoms with Gasteiger partial charge in [0.2, 0.25) is 5.91 Å². The molecule has 0 heterocycles. The molecule has 1 amide bonds. The minimum absolute atomic E-state index is 0.0263. The second kappa shape index (κ2) is 6.57. The second-order valence-electron chi connectivity index (χ2n) is 6.70. The molecular weight excluding hydrogens is 258 g/mol. The molecule has 0 aliphatic heterocycles. The van der Waals surface area contributed by atoms with Gasteiger partial charge in [0.05, 0.1) is 12.0 Å². The van der Waals surface area contributed by atoms with Gasteiger partial charge in [-0.15, -0.1) is 0 Å². The lowest BCUT2D eigenvalue weighted by molar-refractivity contribution is -0.153. The fourth-order valence-electron chi connectivity index (χ4n) is 2.72. The Morgan fingerprint density at radius 3 is 2.25 bits per heavy atom. The number of aliphatic hydroxyl groups is 1. The van der Waals surface area contributed by atoms with Crippen LogP contribution < -0.4 is 5.32 Å². The molecule has 1 saturated carbocycles. The quantitative estimate of drug-likeness (QED) is 0.665. The molecule has 1 aliphatic carbocycles. The van der Waals surface area contributed by atoms with Crippen LogP contribution >= 0.6 is 0 Å². The first-order valence-electron chi connectivity index (χ1n) is 7.37. The molecule has 0 saturated heterocycles. The van der Waals surface area contributed by atoms with Gasteiger partial charge in [-0.25, -0.2) is 0 Å². The zero-order valence-electron chi connectivity index (χ0n) is 12.7. The van der Waals surface area contributed by atoms with E-state index in [1.54, 1.807) is 6.92 Å². The maximum absolute atomic E-state index is 12.0. The van der Waals surface area contributed by atoms with Crippen molar-refractivity contribution in [3.8, 4) is 0 Å². The second-order valence-corrected chi connectivity index (χ2v) is 6.70. The number of carbonyl (C=O) groups excluding carboxylic acids is 1. The van der Waals surface area contributed by atoms with Crippen LogP contribution in [0.5, 0.6) is 0 Å². The number of aliphatic carboxylic acids is 1. The number of carbonyl (C=O) groups is 2. The zero-order chi connectivity index (χ0) is 15.4. The van der Waals surface area contributed by atoms with Crippen molar-refractivity contribution in [3.63, 3.8) is 0 Å². The summed E-state index contributed by atoms with van der Waals surface area (Å²) in [5.41, 5.74) is -1.25. The smallest absolute Gasteiger partial charge is 0.310 e. The normalized spacial score (nSPS) is 20.6. The number of carboxylic acid groups (broad SMARTS) is 1. The number of hydrogen-bond donors (Lipinski definition) is 3. The maximum Gasteiger partial charge on any atom is 0.310 e. The van der Waals surface area contributed by atoms with E-state index in [2.05, 4.69) is 5.32 Å². The van der Waals surface area contributed by atoms with Crippen LogP contribution in [0.1, 0.15) is 52.9 Å². The Kier molecular flexibility index (Phi) is 5.57. The number of rotatable bonds is 7. The van der Waals surface area contributed by atoms with Gasteiger partial charge in [-0.3, -0.25) is 9.59 Å². The highest BCUT2D eigenvalue weighted by molar-refractivity contribution is 5.84. The molecule has 5 heteroatoms. The number of hydrogen-bond acceptors (Lipinski definition) is 3. The van der Waals surface area contributed by atoms with E-state index in [-0.39, 0.29) is 30.3 Å². The highest BCUT2D eigenvalue weighted by Gasteiger charge is 2.39. The number of amides is 1. The van der Waals surface area contributed by atoms with E-state index in [1.165, 1.54) is 0 Å². The molecule has 20 heavy (non-hydrogen) atoms. The monoisotopic (exact) mass is 285 g/mol. The van der Waals surface area contributed by atoms with Crippen LogP contribution in [0.3, 0.4) is 0 Å². The summed E-state index contributed by atoms with van der Waals surface area (Å²) in [4.78, 5) is 23.4. The average Bonchev–Trinajstić information content (AvgIpc) is 2.85. The molecule has 1 unspecified atom stereocenters. The van der Waals surface area contributed by atoms with E-state index < -0.39 is 11.4 Å². The summed E-state index contributed by atoms with van der Waals surface area (Å²) in [6.45, 7) is 5.75. The molecule has 1 aliphatic rings. The SMILES string of the molecule is CC(C)C(C)(CC(=O)NCC1(CO)CCCC1)C(=O)O. The highest BCUT2D eigenvalue weighted by Crippen LogP contribution is 2.37. The van der Waals surface area contributed by atoms with Crippen LogP contribution in [0, 0.1) is 16.7 Å². The largest absolute Gasteiger partial charge is 0.481 e. The van der Waals surface area contributed by atoms with Crippen LogP contribution in [0.4, 0.5) is 0 Å². The van der Waals surface area contributed by atoms with Crippen LogP contribution in [0.2, 0.25) is 0 Å². The van der Waals surface area contributed by atoms with Crippen molar-refractivity contribution in [2.75, 3.05) is 13.2 Å². The number of aliphatic hydroxyl groups excluding tert-OH is 1. The fourth-order valence-corrected chi connectivity index (χ4v) is 2.72. The third kappa shape index (κ3) is 3.72. The summed E-state index contributed by atoms with van der Waals surface area (Å²) >= 11 is 0. The predicted molar refractivity (Wildman–Crippen MR) is 76.2 cm³/mol. The Hall–Kier alpha value is -1.10. The van der Waals surface area contributed by atoms with E-state index >= 15 is 0 Å². The average molecular weight is 285 g/mol. The summed E-state index contributed by atoms with van der Waals surface area (Å²) in [7, 11) is 0. The van der Waals surface area contributed by atoms with Gasteiger partial charge in [0.1, 0.15) is 0 Å². The number of nitrogens with one attached hydrogen (secondary N) is 1. The Balaban J connectivity index is 2.57. The van der Waals surface area contributed by atoms with Crippen molar-refractivity contribution in [1.82, 2.24) is 5.32 Å². The lowest BCUT2D eigenvalue weighted by Crippen LogP contribution is -2.43. The Morgan fingerprint density at radius 2 is 1.85 bits per heavy atom. The van der Waals surface area contributed by atoms with Crippen molar-refractivity contribution in [2.24, 2.45) is 16.7 Å². The summed E-state index contributed by atoms with van der Waals surface area (Å²) in [5.74, 6) is -1.31. The lowest BCUT2D eigenvalue weighted by Gasteiger charge is -2.30. The van der Waals surface area contributed by atoms with Crippen molar-refractivity contribution >= 4 is 11.9 Å². The van der Waals surface area contributed by atoms with Gasteiger partial charge in [0.15, 0.2) is 0 Å². The standard InChI is InChI=1S/C15H27NO4/c1-11(2)14(3,13(19)20)8-12(18)16-9-15(10-17)6-4-5-7-15/h11,17H,4-10H2,1-3H3,(H,16,18)(H,19,20). The molecule has 1 fully saturated rings. The van der Waals surface area contributed by atoms with Crippen molar-refractivity contribution < 1.29 is 19.8 Å². The molecule has 0 bridgehead atoms. The van der Waals surface area contributed by atoms with E-state index in [0.29, 0.717) is 6.54 Å². The zero-order valence-corrected chi connectivity index (χ0v) is 12.7. The van der Waals surface area contributed by atoms with Crippen LogP contribution in [0.25, 0.3) is 0 Å². The first kappa shape index (κ1) is 17.0. The summed E-state index contributed by atoms with van der Waals surface area (Å²) in [6.07, 6.45) is 3.97. The van der Waals surface area contributed by atoms with Crippen LogP contribution in [-0.2, 0) is 9.59 Å². The Bertz CT molecular complexity index is 361. The Labute approximate surface area is 120 Å². The molecule has 1 atom stereocenters. The van der Waals surface area contributed by atoms with Gasteiger partial charge < -0.3 is 15.5 Å². The van der Waals surface area contributed by atoms with Crippen molar-refractivity contribution in [1.29, 1.82) is 0 Å². The topological polar surface area (TPSA) is 86.6 Å². The number of carboxylic acids is 1. The van der Waals surface area contributed by atoms with Gasteiger partial charge in [0.25, 0.3) is 0 Å². The molecule has 0 aromatic rings. The molecule has 116 valence electrons. The molecule has 0 radical (unpaired) electrons. The van der Waals surface area contributed by atoms with Gasteiger partial charge in [0, 0.05) is 18.4 Å². The van der Waals surface area contributed by atoms with E-state index in [0.717, 1.165) is 25.7 Å².